The van der Waals surface area contributed by atoms with Crippen LogP contribution in [0.4, 0.5) is 0 Å². The number of carbonyl (C=O) groups excluding carboxylic acids is 1. The number of hydrogen-bond donors (Lipinski definition) is 1. The Hall–Kier alpha value is -4.58. The van der Waals surface area contributed by atoms with Gasteiger partial charge in [-0.2, -0.15) is 0 Å². The lowest BCUT2D eigenvalue weighted by atomic mass is 9.52. The van der Waals surface area contributed by atoms with Gasteiger partial charge in [0.25, 0.3) is 0 Å². The lowest BCUT2D eigenvalue weighted by molar-refractivity contribution is -0.158. The zero-order chi connectivity index (χ0) is 26.6. The van der Waals surface area contributed by atoms with Crippen LogP contribution >= 0.6 is 0 Å². The Balaban J connectivity index is 1.60. The first-order valence-electron chi connectivity index (χ1n) is 12.4. The topological polar surface area (TPSA) is 82.1 Å². The summed E-state index contributed by atoms with van der Waals surface area (Å²) < 4.78 is 17.2. The number of benzene rings is 4. The van der Waals surface area contributed by atoms with Crippen molar-refractivity contribution in [2.24, 2.45) is 11.8 Å². The van der Waals surface area contributed by atoms with E-state index in [2.05, 4.69) is 0 Å². The van der Waals surface area contributed by atoms with Crippen molar-refractivity contribution in [3.63, 3.8) is 0 Å². The van der Waals surface area contributed by atoms with Crippen LogP contribution in [0.1, 0.15) is 23.0 Å². The van der Waals surface area contributed by atoms with Crippen LogP contribution in [0.25, 0.3) is 11.1 Å². The van der Waals surface area contributed by atoms with E-state index in [1.165, 1.54) is 14.2 Å². The maximum atomic E-state index is 14.0. The lowest BCUT2D eigenvalue weighted by Crippen LogP contribution is -2.52. The number of para-hydroxylation sites is 3. The Morgan fingerprint density at radius 1 is 0.605 bits per heavy atom. The number of esters is 1. The minimum atomic E-state index is -0.995. The lowest BCUT2D eigenvalue weighted by Gasteiger charge is -2.49. The van der Waals surface area contributed by atoms with Gasteiger partial charge in [-0.05, 0) is 34.9 Å². The summed E-state index contributed by atoms with van der Waals surface area (Å²) in [5.41, 5.74) is 3.01. The summed E-state index contributed by atoms with van der Waals surface area (Å²) in [7, 11) is 3.07. The summed E-state index contributed by atoms with van der Waals surface area (Å²) in [6.45, 7) is 0. The largest absolute Gasteiger partial charge is 0.496 e. The summed E-state index contributed by atoms with van der Waals surface area (Å²) in [4.78, 5) is 26.7. The smallest absolute Gasteiger partial charge is 0.315 e. The molecule has 2 atom stereocenters. The number of methoxy groups -OCH3 is 2. The maximum Gasteiger partial charge on any atom is 0.315 e. The highest BCUT2D eigenvalue weighted by molar-refractivity contribution is 5.87. The number of hydrogen-bond acceptors (Lipinski definition) is 5. The van der Waals surface area contributed by atoms with E-state index in [-0.39, 0.29) is 0 Å². The van der Waals surface area contributed by atoms with Crippen LogP contribution in [0, 0.1) is 11.8 Å². The van der Waals surface area contributed by atoms with Crippen LogP contribution in [0.2, 0.25) is 0 Å². The highest BCUT2D eigenvalue weighted by Crippen LogP contribution is 2.60. The molecule has 0 aromatic heterocycles. The van der Waals surface area contributed by atoms with Gasteiger partial charge in [-0.1, -0.05) is 84.9 Å². The van der Waals surface area contributed by atoms with E-state index in [4.69, 9.17) is 14.2 Å². The third kappa shape index (κ3) is 4.50. The summed E-state index contributed by atoms with van der Waals surface area (Å²) in [6.07, 6.45) is 0. The highest BCUT2D eigenvalue weighted by Gasteiger charge is 2.60. The first-order chi connectivity index (χ1) is 18.5. The van der Waals surface area contributed by atoms with E-state index < -0.39 is 35.6 Å². The normalized spacial score (nSPS) is 20.2. The minimum absolute atomic E-state index is 0.417. The molecule has 1 aliphatic rings. The van der Waals surface area contributed by atoms with Gasteiger partial charge < -0.3 is 19.3 Å². The van der Waals surface area contributed by atoms with Gasteiger partial charge in [0.2, 0.25) is 0 Å². The second-order valence-electron chi connectivity index (χ2n) is 9.21. The minimum Gasteiger partial charge on any atom is -0.496 e. The number of aliphatic carboxylic acids is 1. The molecular formula is C32H28O6. The second-order valence-corrected chi connectivity index (χ2v) is 9.21. The fourth-order valence-electron chi connectivity index (χ4n) is 5.59. The first-order valence-corrected chi connectivity index (χ1v) is 12.4. The van der Waals surface area contributed by atoms with E-state index in [0.29, 0.717) is 28.4 Å². The number of carboxylic acids is 1. The zero-order valence-electron chi connectivity index (χ0n) is 21.1. The molecule has 1 N–H and O–H groups in total. The van der Waals surface area contributed by atoms with Gasteiger partial charge in [-0.25, -0.2) is 0 Å². The molecule has 0 heterocycles. The zero-order valence-corrected chi connectivity index (χ0v) is 21.1. The molecule has 5 rings (SSSR count). The highest BCUT2D eigenvalue weighted by atomic mass is 16.5. The predicted octanol–water partition coefficient (Wildman–Crippen LogP) is 6.17. The number of carbonyl (C=O) groups is 2. The standard InChI is InChI=1S/C32H28O6/c1-36-24-17-9-7-15-22(24)27-29(31(33)34)28(23-16-8-10-18-25(23)37-2)30(27)32(35)38-26-19-11-6-14-21(26)20-12-4-3-5-13-20/h3-19,27-30H,1-2H3,(H,33,34)/t27-,28-,29?,30?/m0/s1. The third-order valence-corrected chi connectivity index (χ3v) is 7.28. The van der Waals surface area contributed by atoms with Crippen LogP contribution in [-0.2, 0) is 9.59 Å². The number of rotatable bonds is 8. The summed E-state index contributed by atoms with van der Waals surface area (Å²) in [6, 6.07) is 31.5. The van der Waals surface area contributed by atoms with E-state index in [1.807, 2.05) is 84.9 Å². The molecule has 0 radical (unpaired) electrons. The Labute approximate surface area is 221 Å². The Kier molecular flexibility index (Phi) is 7.13. The first kappa shape index (κ1) is 25.1. The average molecular weight is 509 g/mol. The third-order valence-electron chi connectivity index (χ3n) is 7.28. The van der Waals surface area contributed by atoms with Crippen molar-refractivity contribution in [1.82, 2.24) is 0 Å². The molecule has 4 aromatic carbocycles. The molecule has 0 aliphatic heterocycles. The van der Waals surface area contributed by atoms with Crippen LogP contribution in [0.5, 0.6) is 17.2 Å². The Morgan fingerprint density at radius 3 is 1.61 bits per heavy atom. The SMILES string of the molecule is COc1ccccc1[C@H]1C(C(=O)O)[C@H](c2ccccc2OC)C1C(=O)Oc1ccccc1-c1ccccc1. The van der Waals surface area contributed by atoms with E-state index in [1.54, 1.807) is 18.2 Å². The molecule has 6 nitrogen and oxygen atoms in total. The van der Waals surface area contributed by atoms with Crippen molar-refractivity contribution in [2.75, 3.05) is 14.2 Å². The van der Waals surface area contributed by atoms with E-state index in [9.17, 15) is 14.7 Å². The molecule has 0 amide bonds. The quantitative estimate of drug-likeness (QED) is 0.226. The van der Waals surface area contributed by atoms with Crippen molar-refractivity contribution in [1.29, 1.82) is 0 Å². The average Bonchev–Trinajstić information content (AvgIpc) is 2.93. The molecule has 1 saturated carbocycles. The van der Waals surface area contributed by atoms with Crippen molar-refractivity contribution >= 4 is 11.9 Å². The molecule has 0 saturated heterocycles. The van der Waals surface area contributed by atoms with E-state index >= 15 is 0 Å². The van der Waals surface area contributed by atoms with Crippen LogP contribution in [0.15, 0.2) is 103 Å². The molecule has 0 spiro atoms. The van der Waals surface area contributed by atoms with Gasteiger partial charge in [0, 0.05) is 17.4 Å². The van der Waals surface area contributed by atoms with Gasteiger partial charge >= 0.3 is 11.9 Å². The Morgan fingerprint density at radius 2 is 1.08 bits per heavy atom. The van der Waals surface area contributed by atoms with Gasteiger partial charge in [0.05, 0.1) is 26.1 Å². The monoisotopic (exact) mass is 508 g/mol. The van der Waals surface area contributed by atoms with Crippen LogP contribution < -0.4 is 14.2 Å². The van der Waals surface area contributed by atoms with Crippen molar-refractivity contribution in [2.45, 2.75) is 11.8 Å². The molecule has 192 valence electrons. The van der Waals surface area contributed by atoms with Crippen molar-refractivity contribution in [3.8, 4) is 28.4 Å². The van der Waals surface area contributed by atoms with Crippen LogP contribution in [0.3, 0.4) is 0 Å². The predicted molar refractivity (Wildman–Crippen MR) is 144 cm³/mol. The molecular weight excluding hydrogens is 480 g/mol. The second kappa shape index (κ2) is 10.8. The summed E-state index contributed by atoms with van der Waals surface area (Å²) >= 11 is 0. The van der Waals surface area contributed by atoms with Crippen LogP contribution in [-0.4, -0.2) is 31.3 Å². The fraction of sp³-hybridized carbons (Fsp3) is 0.188. The van der Waals surface area contributed by atoms with Crippen molar-refractivity contribution < 1.29 is 28.9 Å². The molecule has 1 fully saturated rings. The molecule has 6 heteroatoms. The molecule has 0 unspecified atom stereocenters. The number of ether oxygens (including phenoxy) is 3. The van der Waals surface area contributed by atoms with Gasteiger partial charge in [-0.15, -0.1) is 0 Å². The summed E-state index contributed by atoms with van der Waals surface area (Å²) in [5, 5.41) is 10.4. The Bertz CT molecular complexity index is 1390. The van der Waals surface area contributed by atoms with Gasteiger partial charge in [0.15, 0.2) is 0 Å². The maximum absolute atomic E-state index is 14.0. The molecule has 1 aliphatic carbocycles. The number of carboxylic acid groups (broad SMARTS) is 1. The van der Waals surface area contributed by atoms with Gasteiger partial charge in [0.1, 0.15) is 17.2 Å². The summed E-state index contributed by atoms with van der Waals surface area (Å²) in [5.74, 6) is -3.00. The molecule has 38 heavy (non-hydrogen) atoms. The van der Waals surface area contributed by atoms with E-state index in [0.717, 1.165) is 11.1 Å². The van der Waals surface area contributed by atoms with Crippen molar-refractivity contribution in [3.05, 3.63) is 114 Å². The molecule has 0 bridgehead atoms. The fourth-order valence-corrected chi connectivity index (χ4v) is 5.59. The van der Waals surface area contributed by atoms with Gasteiger partial charge in [-0.3, -0.25) is 9.59 Å². The molecule has 4 aromatic rings.